The minimum absolute atomic E-state index is 0.117. The molecule has 1 aromatic heterocycles. The minimum atomic E-state index is -0.767. The van der Waals surface area contributed by atoms with Crippen LogP contribution in [0.5, 0.6) is 0 Å². The molecule has 3 N–H and O–H groups in total. The van der Waals surface area contributed by atoms with Gasteiger partial charge in [0.15, 0.2) is 0 Å². The summed E-state index contributed by atoms with van der Waals surface area (Å²) in [5.74, 6) is 0.204. The van der Waals surface area contributed by atoms with Gasteiger partial charge in [-0.25, -0.2) is 0 Å². The molecule has 1 aromatic rings. The van der Waals surface area contributed by atoms with Crippen molar-refractivity contribution in [3.63, 3.8) is 0 Å². The molecule has 17 heavy (non-hydrogen) atoms. The maximum Gasteiger partial charge on any atom is 0.244 e. The van der Waals surface area contributed by atoms with Gasteiger partial charge in [0, 0.05) is 5.69 Å². The van der Waals surface area contributed by atoms with Crippen LogP contribution in [-0.4, -0.2) is 16.4 Å². The molecule has 0 radical (unpaired) electrons. The van der Waals surface area contributed by atoms with Crippen molar-refractivity contribution >= 4 is 11.6 Å². The van der Waals surface area contributed by atoms with Gasteiger partial charge in [-0.1, -0.05) is 0 Å². The molecule has 1 amide bonds. The first-order valence-electron chi connectivity index (χ1n) is 5.96. The van der Waals surface area contributed by atoms with Gasteiger partial charge in [-0.2, -0.15) is 0 Å². The molecule has 1 heterocycles. The van der Waals surface area contributed by atoms with Crippen LogP contribution in [0.25, 0.3) is 0 Å². The van der Waals surface area contributed by atoms with Gasteiger partial charge in [-0.05, 0) is 51.7 Å². The van der Waals surface area contributed by atoms with Crippen LogP contribution < -0.4 is 11.1 Å². The van der Waals surface area contributed by atoms with Crippen LogP contribution in [0, 0.1) is 19.8 Å². The summed E-state index contributed by atoms with van der Waals surface area (Å²) in [6.45, 7) is 5.61. The first kappa shape index (κ1) is 12.0. The van der Waals surface area contributed by atoms with E-state index < -0.39 is 5.54 Å². The molecule has 1 atom stereocenters. The SMILES string of the molecule is Cc1ccc(NC(=O)C(C)(N)C2CC2)c(C)n1. The Morgan fingerprint density at radius 3 is 2.65 bits per heavy atom. The zero-order valence-electron chi connectivity index (χ0n) is 10.6. The Morgan fingerprint density at radius 1 is 1.47 bits per heavy atom. The van der Waals surface area contributed by atoms with E-state index in [0.717, 1.165) is 29.9 Å². The van der Waals surface area contributed by atoms with E-state index in [2.05, 4.69) is 10.3 Å². The van der Waals surface area contributed by atoms with Crippen LogP contribution in [0.3, 0.4) is 0 Å². The summed E-state index contributed by atoms with van der Waals surface area (Å²) in [5, 5.41) is 2.87. The van der Waals surface area contributed by atoms with Gasteiger partial charge in [-0.15, -0.1) is 0 Å². The van der Waals surface area contributed by atoms with Crippen molar-refractivity contribution in [2.24, 2.45) is 11.7 Å². The fourth-order valence-corrected chi connectivity index (χ4v) is 1.94. The van der Waals surface area contributed by atoms with Gasteiger partial charge >= 0.3 is 0 Å². The highest BCUT2D eigenvalue weighted by atomic mass is 16.2. The highest BCUT2D eigenvalue weighted by molar-refractivity contribution is 5.98. The number of aromatic nitrogens is 1. The Bertz CT molecular complexity index is 450. The summed E-state index contributed by atoms with van der Waals surface area (Å²) in [5.41, 5.74) is 7.81. The molecule has 0 bridgehead atoms. The normalized spacial score (nSPS) is 18.6. The molecule has 1 aliphatic rings. The van der Waals surface area contributed by atoms with Crippen LogP contribution in [0.4, 0.5) is 5.69 Å². The number of nitrogens with zero attached hydrogens (tertiary/aromatic N) is 1. The highest BCUT2D eigenvalue weighted by Crippen LogP contribution is 2.38. The summed E-state index contributed by atoms with van der Waals surface area (Å²) in [4.78, 5) is 16.4. The fourth-order valence-electron chi connectivity index (χ4n) is 1.94. The molecule has 1 fully saturated rings. The predicted octanol–water partition coefficient (Wildman–Crippen LogP) is 1.76. The summed E-state index contributed by atoms with van der Waals surface area (Å²) >= 11 is 0. The number of anilines is 1. The lowest BCUT2D eigenvalue weighted by Crippen LogP contribution is -2.50. The van der Waals surface area contributed by atoms with Crippen molar-refractivity contribution in [3.05, 3.63) is 23.5 Å². The number of rotatable bonds is 3. The molecule has 0 saturated heterocycles. The third-order valence-corrected chi connectivity index (χ3v) is 3.39. The number of hydrogen-bond donors (Lipinski definition) is 2. The molecule has 0 aliphatic heterocycles. The zero-order chi connectivity index (χ0) is 12.6. The zero-order valence-corrected chi connectivity index (χ0v) is 10.6. The molecular formula is C13H19N3O. The van der Waals surface area contributed by atoms with E-state index >= 15 is 0 Å². The lowest BCUT2D eigenvalue weighted by Gasteiger charge is -2.23. The average Bonchev–Trinajstić information content (AvgIpc) is 3.05. The molecule has 2 rings (SSSR count). The van der Waals surface area contributed by atoms with Crippen molar-refractivity contribution in [1.29, 1.82) is 0 Å². The van der Waals surface area contributed by atoms with Gasteiger partial charge < -0.3 is 11.1 Å². The second-order valence-corrected chi connectivity index (χ2v) is 5.10. The van der Waals surface area contributed by atoms with E-state index in [4.69, 9.17) is 5.73 Å². The highest BCUT2D eigenvalue weighted by Gasteiger charge is 2.44. The maximum atomic E-state index is 12.1. The monoisotopic (exact) mass is 233 g/mol. The molecule has 4 nitrogen and oxygen atoms in total. The number of carbonyl (C=O) groups is 1. The molecular weight excluding hydrogens is 214 g/mol. The standard InChI is InChI=1S/C13H19N3O/c1-8-4-7-11(9(2)15-8)16-12(17)13(3,14)10-5-6-10/h4,7,10H,5-6,14H2,1-3H3,(H,16,17). The van der Waals surface area contributed by atoms with E-state index in [0.29, 0.717) is 5.92 Å². The van der Waals surface area contributed by atoms with E-state index in [1.54, 1.807) is 6.92 Å². The lowest BCUT2D eigenvalue weighted by atomic mass is 9.96. The van der Waals surface area contributed by atoms with Gasteiger partial charge in [0.1, 0.15) is 0 Å². The van der Waals surface area contributed by atoms with Crippen molar-refractivity contribution < 1.29 is 4.79 Å². The van der Waals surface area contributed by atoms with Gasteiger partial charge in [0.2, 0.25) is 5.91 Å². The summed E-state index contributed by atoms with van der Waals surface area (Å²) in [6, 6.07) is 3.76. The van der Waals surface area contributed by atoms with E-state index in [1.807, 2.05) is 26.0 Å². The predicted molar refractivity (Wildman–Crippen MR) is 67.7 cm³/mol. The Balaban J connectivity index is 2.12. The number of carbonyl (C=O) groups excluding carboxylic acids is 1. The summed E-state index contributed by atoms with van der Waals surface area (Å²) in [6.07, 6.45) is 2.09. The van der Waals surface area contributed by atoms with Gasteiger partial charge in [0.05, 0.1) is 16.9 Å². The van der Waals surface area contributed by atoms with E-state index in [-0.39, 0.29) is 5.91 Å². The van der Waals surface area contributed by atoms with Crippen molar-refractivity contribution in [1.82, 2.24) is 4.98 Å². The topological polar surface area (TPSA) is 68.0 Å². The van der Waals surface area contributed by atoms with Crippen LogP contribution in [0.1, 0.15) is 31.2 Å². The van der Waals surface area contributed by atoms with Crippen molar-refractivity contribution in [3.8, 4) is 0 Å². The second kappa shape index (κ2) is 4.11. The van der Waals surface area contributed by atoms with Gasteiger partial charge in [0.25, 0.3) is 0 Å². The lowest BCUT2D eigenvalue weighted by molar-refractivity contribution is -0.121. The fraction of sp³-hybridized carbons (Fsp3) is 0.538. The maximum absolute atomic E-state index is 12.1. The molecule has 1 aliphatic carbocycles. The summed E-state index contributed by atoms with van der Waals surface area (Å²) in [7, 11) is 0. The molecule has 92 valence electrons. The Labute approximate surface area is 102 Å². The molecule has 1 unspecified atom stereocenters. The largest absolute Gasteiger partial charge is 0.323 e. The number of aryl methyl sites for hydroxylation is 2. The molecule has 0 spiro atoms. The number of pyridine rings is 1. The Hall–Kier alpha value is -1.42. The van der Waals surface area contributed by atoms with Crippen molar-refractivity contribution in [2.45, 2.75) is 39.2 Å². The number of nitrogens with one attached hydrogen (secondary N) is 1. The van der Waals surface area contributed by atoms with E-state index in [1.165, 1.54) is 0 Å². The third-order valence-electron chi connectivity index (χ3n) is 3.39. The average molecular weight is 233 g/mol. The van der Waals surface area contributed by atoms with Crippen molar-refractivity contribution in [2.75, 3.05) is 5.32 Å². The second-order valence-electron chi connectivity index (χ2n) is 5.10. The first-order valence-corrected chi connectivity index (χ1v) is 5.96. The van der Waals surface area contributed by atoms with Gasteiger partial charge in [-0.3, -0.25) is 9.78 Å². The first-order chi connectivity index (χ1) is 7.91. The Morgan fingerprint density at radius 2 is 2.12 bits per heavy atom. The van der Waals surface area contributed by atoms with E-state index in [9.17, 15) is 4.79 Å². The quantitative estimate of drug-likeness (QED) is 0.836. The van der Waals surface area contributed by atoms with Crippen LogP contribution in [-0.2, 0) is 4.79 Å². The molecule has 1 saturated carbocycles. The minimum Gasteiger partial charge on any atom is -0.323 e. The number of hydrogen-bond acceptors (Lipinski definition) is 3. The number of amides is 1. The van der Waals surface area contributed by atoms with Crippen LogP contribution in [0.15, 0.2) is 12.1 Å². The van der Waals surface area contributed by atoms with Crippen LogP contribution in [0.2, 0.25) is 0 Å². The third kappa shape index (κ3) is 2.47. The smallest absolute Gasteiger partial charge is 0.244 e. The summed E-state index contributed by atoms with van der Waals surface area (Å²) < 4.78 is 0. The van der Waals surface area contributed by atoms with Crippen LogP contribution >= 0.6 is 0 Å². The molecule has 4 heteroatoms. The molecule has 0 aromatic carbocycles. The number of nitrogens with two attached hydrogens (primary N) is 1. The Kier molecular flexibility index (Phi) is 2.91.